The molecular formula is C9H10F2N2O2. The molecule has 0 aromatic heterocycles. The molecule has 1 aromatic rings. The molecule has 0 amide bonds. The van der Waals surface area contributed by atoms with Crippen LogP contribution in [0.1, 0.15) is 6.92 Å². The summed E-state index contributed by atoms with van der Waals surface area (Å²) in [5.41, 5.74) is -0.0969. The van der Waals surface area contributed by atoms with Gasteiger partial charge in [-0.2, -0.15) is 0 Å². The second-order valence-corrected chi connectivity index (χ2v) is 3.04. The Labute approximate surface area is 85.1 Å². The van der Waals surface area contributed by atoms with Gasteiger partial charge in [-0.25, -0.2) is 8.78 Å². The van der Waals surface area contributed by atoms with Crippen molar-refractivity contribution < 1.29 is 13.7 Å². The van der Waals surface area contributed by atoms with Crippen LogP contribution < -0.4 is 5.32 Å². The molecule has 6 heteroatoms. The maximum absolute atomic E-state index is 12.2. The van der Waals surface area contributed by atoms with E-state index >= 15 is 0 Å². The summed E-state index contributed by atoms with van der Waals surface area (Å²) in [5.74, 6) is 0. The van der Waals surface area contributed by atoms with E-state index in [1.165, 1.54) is 25.1 Å². The second kappa shape index (κ2) is 4.68. The first-order valence-corrected chi connectivity index (χ1v) is 4.30. The van der Waals surface area contributed by atoms with E-state index in [-0.39, 0.29) is 11.4 Å². The number of nitro benzene ring substituents is 1. The smallest absolute Gasteiger partial charge is 0.292 e. The van der Waals surface area contributed by atoms with Crippen LogP contribution in [0.2, 0.25) is 0 Å². The second-order valence-electron chi connectivity index (χ2n) is 3.04. The molecule has 0 radical (unpaired) electrons. The van der Waals surface area contributed by atoms with E-state index in [0.717, 1.165) is 0 Å². The van der Waals surface area contributed by atoms with Gasteiger partial charge < -0.3 is 5.32 Å². The molecule has 1 N–H and O–H groups in total. The standard InChI is InChI=1S/C9H10F2N2O2/c1-6(9(10)11)12-7-4-2-3-5-8(7)13(14)15/h2-6,9,12H,1H3. The summed E-state index contributed by atoms with van der Waals surface area (Å²) in [6, 6.07) is 4.58. The molecule has 0 heterocycles. The Hall–Kier alpha value is -1.72. The van der Waals surface area contributed by atoms with Gasteiger partial charge in [-0.15, -0.1) is 0 Å². The highest BCUT2D eigenvalue weighted by Crippen LogP contribution is 2.24. The van der Waals surface area contributed by atoms with Crippen molar-refractivity contribution in [3.8, 4) is 0 Å². The van der Waals surface area contributed by atoms with Crippen molar-refractivity contribution in [2.45, 2.75) is 19.4 Å². The molecule has 0 saturated carbocycles. The Morgan fingerprint density at radius 1 is 1.40 bits per heavy atom. The van der Waals surface area contributed by atoms with Crippen LogP contribution in [0.5, 0.6) is 0 Å². The molecule has 82 valence electrons. The predicted octanol–water partition coefficient (Wildman–Crippen LogP) is 2.66. The quantitative estimate of drug-likeness (QED) is 0.621. The van der Waals surface area contributed by atoms with Gasteiger partial charge in [0, 0.05) is 6.07 Å². The molecule has 1 unspecified atom stereocenters. The Bertz CT molecular complexity index is 358. The van der Waals surface area contributed by atoms with Crippen molar-refractivity contribution in [3.63, 3.8) is 0 Å². The van der Waals surface area contributed by atoms with Gasteiger partial charge in [0.05, 0.1) is 11.0 Å². The van der Waals surface area contributed by atoms with Crippen LogP contribution in [0.15, 0.2) is 24.3 Å². The van der Waals surface area contributed by atoms with E-state index in [1.54, 1.807) is 6.07 Å². The summed E-state index contributed by atoms with van der Waals surface area (Å²) >= 11 is 0. The Morgan fingerprint density at radius 3 is 2.53 bits per heavy atom. The molecule has 0 bridgehead atoms. The molecule has 0 aliphatic carbocycles. The molecule has 0 saturated heterocycles. The first-order chi connectivity index (χ1) is 7.02. The number of hydrogen-bond acceptors (Lipinski definition) is 3. The minimum Gasteiger partial charge on any atom is -0.371 e. The van der Waals surface area contributed by atoms with Crippen LogP contribution in [-0.4, -0.2) is 17.4 Å². The highest BCUT2D eigenvalue weighted by atomic mass is 19.3. The van der Waals surface area contributed by atoms with Gasteiger partial charge in [0.1, 0.15) is 5.69 Å². The van der Waals surface area contributed by atoms with E-state index in [1.807, 2.05) is 0 Å². The minimum absolute atomic E-state index is 0.107. The minimum atomic E-state index is -2.56. The number of benzene rings is 1. The third kappa shape index (κ3) is 2.87. The lowest BCUT2D eigenvalue weighted by atomic mass is 10.2. The average Bonchev–Trinajstić information content (AvgIpc) is 2.18. The lowest BCUT2D eigenvalue weighted by molar-refractivity contribution is -0.384. The Balaban J connectivity index is 2.89. The van der Waals surface area contributed by atoms with Crippen LogP contribution in [0.3, 0.4) is 0 Å². The van der Waals surface area contributed by atoms with Crippen molar-refractivity contribution in [1.82, 2.24) is 0 Å². The molecule has 15 heavy (non-hydrogen) atoms. The summed E-state index contributed by atoms with van der Waals surface area (Å²) in [5, 5.41) is 13.0. The number of nitro groups is 1. The van der Waals surface area contributed by atoms with Gasteiger partial charge in [-0.1, -0.05) is 12.1 Å². The third-order valence-electron chi connectivity index (χ3n) is 1.86. The van der Waals surface area contributed by atoms with Gasteiger partial charge in [0.15, 0.2) is 0 Å². The fraction of sp³-hybridized carbons (Fsp3) is 0.333. The predicted molar refractivity (Wildman–Crippen MR) is 52.2 cm³/mol. The molecule has 0 fully saturated rings. The number of alkyl halides is 2. The third-order valence-corrected chi connectivity index (χ3v) is 1.86. The van der Waals surface area contributed by atoms with Crippen molar-refractivity contribution in [2.24, 2.45) is 0 Å². The number of rotatable bonds is 4. The highest BCUT2D eigenvalue weighted by Gasteiger charge is 2.19. The summed E-state index contributed by atoms with van der Waals surface area (Å²) in [6.07, 6.45) is -2.56. The van der Waals surface area contributed by atoms with E-state index in [2.05, 4.69) is 5.32 Å². The van der Waals surface area contributed by atoms with E-state index in [0.29, 0.717) is 0 Å². The molecule has 0 aliphatic rings. The van der Waals surface area contributed by atoms with Gasteiger partial charge >= 0.3 is 0 Å². The highest BCUT2D eigenvalue weighted by molar-refractivity contribution is 5.61. The van der Waals surface area contributed by atoms with Crippen LogP contribution >= 0.6 is 0 Å². The number of hydrogen-bond donors (Lipinski definition) is 1. The average molecular weight is 216 g/mol. The van der Waals surface area contributed by atoms with E-state index < -0.39 is 17.4 Å². The van der Waals surface area contributed by atoms with E-state index in [4.69, 9.17) is 0 Å². The molecule has 1 atom stereocenters. The first-order valence-electron chi connectivity index (χ1n) is 4.30. The molecule has 0 spiro atoms. The van der Waals surface area contributed by atoms with Crippen molar-refractivity contribution in [3.05, 3.63) is 34.4 Å². The maximum Gasteiger partial charge on any atom is 0.292 e. The normalized spacial score (nSPS) is 12.5. The van der Waals surface area contributed by atoms with Gasteiger partial charge in [0.2, 0.25) is 0 Å². The van der Waals surface area contributed by atoms with Crippen LogP contribution in [0, 0.1) is 10.1 Å². The van der Waals surface area contributed by atoms with Gasteiger partial charge in [-0.3, -0.25) is 10.1 Å². The summed E-state index contributed by atoms with van der Waals surface area (Å²) < 4.78 is 24.4. The number of halogens is 2. The monoisotopic (exact) mass is 216 g/mol. The Morgan fingerprint density at radius 2 is 2.00 bits per heavy atom. The van der Waals surface area contributed by atoms with Crippen molar-refractivity contribution in [1.29, 1.82) is 0 Å². The zero-order valence-corrected chi connectivity index (χ0v) is 7.98. The fourth-order valence-corrected chi connectivity index (χ4v) is 1.06. The lowest BCUT2D eigenvalue weighted by Gasteiger charge is -2.13. The van der Waals surface area contributed by atoms with Crippen molar-refractivity contribution in [2.75, 3.05) is 5.32 Å². The lowest BCUT2D eigenvalue weighted by Crippen LogP contribution is -2.24. The first kappa shape index (κ1) is 11.4. The van der Waals surface area contributed by atoms with Gasteiger partial charge in [-0.05, 0) is 13.0 Å². The summed E-state index contributed by atoms with van der Waals surface area (Å²) in [6.45, 7) is 1.27. The summed E-state index contributed by atoms with van der Waals surface area (Å²) in [4.78, 5) is 9.94. The zero-order chi connectivity index (χ0) is 11.4. The fourth-order valence-electron chi connectivity index (χ4n) is 1.06. The van der Waals surface area contributed by atoms with Crippen LogP contribution in [0.25, 0.3) is 0 Å². The number of nitrogens with one attached hydrogen (secondary N) is 1. The van der Waals surface area contributed by atoms with Crippen LogP contribution in [0.4, 0.5) is 20.2 Å². The molecule has 1 rings (SSSR count). The van der Waals surface area contributed by atoms with E-state index in [9.17, 15) is 18.9 Å². The molecule has 4 nitrogen and oxygen atoms in total. The summed E-state index contributed by atoms with van der Waals surface area (Å²) in [7, 11) is 0. The number of anilines is 1. The van der Waals surface area contributed by atoms with Crippen molar-refractivity contribution >= 4 is 11.4 Å². The Kier molecular flexibility index (Phi) is 3.54. The topological polar surface area (TPSA) is 55.2 Å². The molecule has 0 aliphatic heterocycles. The number of nitrogens with zero attached hydrogens (tertiary/aromatic N) is 1. The largest absolute Gasteiger partial charge is 0.371 e. The zero-order valence-electron chi connectivity index (χ0n) is 7.98. The molecule has 1 aromatic carbocycles. The molecular weight excluding hydrogens is 206 g/mol. The SMILES string of the molecule is CC(Nc1ccccc1[N+](=O)[O-])C(F)F. The van der Waals surface area contributed by atoms with Crippen LogP contribution in [-0.2, 0) is 0 Å². The maximum atomic E-state index is 12.2. The van der Waals surface area contributed by atoms with Gasteiger partial charge in [0.25, 0.3) is 12.1 Å². The number of para-hydroxylation sites is 2.